The predicted octanol–water partition coefficient (Wildman–Crippen LogP) is 3.88. The third-order valence-electron chi connectivity index (χ3n) is 3.39. The summed E-state index contributed by atoms with van der Waals surface area (Å²) in [5, 5.41) is 6.32. The Morgan fingerprint density at radius 1 is 1.43 bits per heavy atom. The number of halogens is 1. The predicted molar refractivity (Wildman–Crippen MR) is 91.9 cm³/mol. The highest BCUT2D eigenvalue weighted by Gasteiger charge is 2.09. The van der Waals surface area contributed by atoms with Gasteiger partial charge in [-0.15, -0.1) is 11.3 Å². The molecular weight excluding hydrogens is 334 g/mol. The number of carbonyl (C=O) groups excluding carboxylic acids is 1. The van der Waals surface area contributed by atoms with Gasteiger partial charge in [0.05, 0.1) is 22.8 Å². The van der Waals surface area contributed by atoms with Crippen LogP contribution in [0.1, 0.15) is 24.7 Å². The number of amides is 1. The van der Waals surface area contributed by atoms with E-state index in [1.165, 1.54) is 11.3 Å². The molecule has 7 heteroatoms. The second kappa shape index (κ2) is 7.02. The molecule has 0 atom stereocenters. The summed E-state index contributed by atoms with van der Waals surface area (Å²) in [6.45, 7) is 2.68. The summed E-state index contributed by atoms with van der Waals surface area (Å²) in [6, 6.07) is 5.70. The number of hydrogen-bond donors (Lipinski definition) is 2. The van der Waals surface area contributed by atoms with Crippen molar-refractivity contribution < 1.29 is 9.53 Å². The van der Waals surface area contributed by atoms with Crippen LogP contribution in [0, 0.1) is 0 Å². The number of hydrogen-bond acceptors (Lipinski definition) is 4. The van der Waals surface area contributed by atoms with Gasteiger partial charge in [0.2, 0.25) is 5.91 Å². The third kappa shape index (κ3) is 3.83. The number of carbonyl (C=O) groups is 1. The van der Waals surface area contributed by atoms with E-state index in [2.05, 4.69) is 15.3 Å². The van der Waals surface area contributed by atoms with E-state index in [4.69, 9.17) is 16.3 Å². The van der Waals surface area contributed by atoms with E-state index in [1.54, 1.807) is 5.51 Å². The highest BCUT2D eigenvalue weighted by atomic mass is 35.5. The maximum atomic E-state index is 11.3. The van der Waals surface area contributed by atoms with Crippen LogP contribution in [0.3, 0.4) is 0 Å². The van der Waals surface area contributed by atoms with Crippen LogP contribution in [-0.4, -0.2) is 15.9 Å². The SMILES string of the molecule is CCC(=O)NCc1cc2cc(Cl)c(OCc3cscn3)cc2[nH]1. The fourth-order valence-corrected chi connectivity index (χ4v) is 2.95. The van der Waals surface area contributed by atoms with Gasteiger partial charge in [-0.25, -0.2) is 4.98 Å². The molecule has 1 amide bonds. The molecule has 23 heavy (non-hydrogen) atoms. The summed E-state index contributed by atoms with van der Waals surface area (Å²) in [5.74, 6) is 0.632. The van der Waals surface area contributed by atoms with Crippen LogP contribution < -0.4 is 10.1 Å². The molecule has 0 spiro atoms. The average Bonchev–Trinajstić information content (AvgIpc) is 3.19. The molecule has 0 aliphatic rings. The Bertz CT molecular complexity index is 814. The zero-order valence-electron chi connectivity index (χ0n) is 12.6. The van der Waals surface area contributed by atoms with Gasteiger partial charge in [0.15, 0.2) is 0 Å². The Balaban J connectivity index is 1.75. The van der Waals surface area contributed by atoms with Crippen molar-refractivity contribution in [3.8, 4) is 5.75 Å². The highest BCUT2D eigenvalue weighted by Crippen LogP contribution is 2.31. The van der Waals surface area contributed by atoms with Crippen molar-refractivity contribution in [3.05, 3.63) is 45.5 Å². The first kappa shape index (κ1) is 15.8. The van der Waals surface area contributed by atoms with Gasteiger partial charge in [-0.1, -0.05) is 18.5 Å². The van der Waals surface area contributed by atoms with Gasteiger partial charge >= 0.3 is 0 Å². The molecule has 0 saturated heterocycles. The quantitative estimate of drug-likeness (QED) is 0.709. The molecule has 1 aromatic carbocycles. The van der Waals surface area contributed by atoms with Crippen molar-refractivity contribution in [1.82, 2.24) is 15.3 Å². The van der Waals surface area contributed by atoms with Crippen LogP contribution in [0.4, 0.5) is 0 Å². The molecule has 2 heterocycles. The summed E-state index contributed by atoms with van der Waals surface area (Å²) in [5.41, 5.74) is 4.49. The first-order chi connectivity index (χ1) is 11.2. The molecular formula is C16H16ClN3O2S. The Hall–Kier alpha value is -2.05. The summed E-state index contributed by atoms with van der Waals surface area (Å²) in [6.07, 6.45) is 0.473. The van der Waals surface area contributed by atoms with Crippen molar-refractivity contribution in [2.24, 2.45) is 0 Å². The lowest BCUT2D eigenvalue weighted by Crippen LogP contribution is -2.21. The molecule has 2 aromatic heterocycles. The smallest absolute Gasteiger partial charge is 0.220 e. The van der Waals surface area contributed by atoms with Crippen molar-refractivity contribution in [1.29, 1.82) is 0 Å². The minimum Gasteiger partial charge on any atom is -0.486 e. The van der Waals surface area contributed by atoms with Crippen LogP contribution in [0.15, 0.2) is 29.1 Å². The van der Waals surface area contributed by atoms with Gasteiger partial charge in [-0.3, -0.25) is 4.79 Å². The second-order valence-electron chi connectivity index (χ2n) is 5.06. The number of H-pyrrole nitrogens is 1. The van der Waals surface area contributed by atoms with Gasteiger partial charge in [-0.2, -0.15) is 0 Å². The number of rotatable bonds is 6. The lowest BCUT2D eigenvalue weighted by Gasteiger charge is -2.06. The normalized spacial score (nSPS) is 10.9. The van der Waals surface area contributed by atoms with Crippen molar-refractivity contribution in [2.45, 2.75) is 26.5 Å². The molecule has 120 valence electrons. The number of fused-ring (bicyclic) bond motifs is 1. The maximum absolute atomic E-state index is 11.3. The summed E-state index contributed by atoms with van der Waals surface area (Å²) < 4.78 is 5.74. The van der Waals surface area contributed by atoms with E-state index in [0.717, 1.165) is 22.3 Å². The summed E-state index contributed by atoms with van der Waals surface area (Å²) in [4.78, 5) is 18.8. The maximum Gasteiger partial charge on any atom is 0.220 e. The Morgan fingerprint density at radius 3 is 3.04 bits per heavy atom. The van der Waals surface area contributed by atoms with E-state index in [0.29, 0.717) is 30.3 Å². The largest absolute Gasteiger partial charge is 0.486 e. The number of aromatic amines is 1. The molecule has 0 aliphatic heterocycles. The average molecular weight is 350 g/mol. The van der Waals surface area contributed by atoms with Gasteiger partial charge in [0.1, 0.15) is 12.4 Å². The number of thiazole rings is 1. The third-order valence-corrected chi connectivity index (χ3v) is 4.32. The van der Waals surface area contributed by atoms with Crippen LogP contribution in [0.5, 0.6) is 5.75 Å². The topological polar surface area (TPSA) is 67.0 Å². The van der Waals surface area contributed by atoms with Crippen molar-refractivity contribution in [2.75, 3.05) is 0 Å². The van der Waals surface area contributed by atoms with E-state index in [1.807, 2.05) is 30.5 Å². The number of nitrogens with one attached hydrogen (secondary N) is 2. The van der Waals surface area contributed by atoms with Crippen molar-refractivity contribution >= 4 is 39.7 Å². The minimum atomic E-state index is 0.0222. The van der Waals surface area contributed by atoms with Gasteiger partial charge in [-0.05, 0) is 12.1 Å². The number of benzene rings is 1. The first-order valence-corrected chi connectivity index (χ1v) is 8.55. The van der Waals surface area contributed by atoms with Gasteiger partial charge in [0.25, 0.3) is 0 Å². The monoisotopic (exact) mass is 349 g/mol. The molecule has 0 radical (unpaired) electrons. The van der Waals surface area contributed by atoms with Crippen molar-refractivity contribution in [3.63, 3.8) is 0 Å². The molecule has 0 fully saturated rings. The van der Waals surface area contributed by atoms with Crippen LogP contribution in [0.2, 0.25) is 5.02 Å². The van der Waals surface area contributed by atoms with Crippen LogP contribution >= 0.6 is 22.9 Å². The van der Waals surface area contributed by atoms with Crippen LogP contribution in [0.25, 0.3) is 10.9 Å². The highest BCUT2D eigenvalue weighted by molar-refractivity contribution is 7.07. The molecule has 3 rings (SSSR count). The second-order valence-corrected chi connectivity index (χ2v) is 6.19. The van der Waals surface area contributed by atoms with E-state index >= 15 is 0 Å². The standard InChI is InChI=1S/C16H16ClN3O2S/c1-2-16(21)18-6-11-3-10-4-13(17)15(5-14(10)20-11)22-7-12-8-23-9-19-12/h3-5,8-9,20H,2,6-7H2,1H3,(H,18,21). The molecule has 5 nitrogen and oxygen atoms in total. The number of nitrogens with zero attached hydrogens (tertiary/aromatic N) is 1. The fourth-order valence-electron chi connectivity index (χ4n) is 2.18. The lowest BCUT2D eigenvalue weighted by atomic mass is 10.2. The number of aromatic nitrogens is 2. The Morgan fingerprint density at radius 2 is 2.30 bits per heavy atom. The molecule has 0 bridgehead atoms. The zero-order valence-corrected chi connectivity index (χ0v) is 14.1. The Kier molecular flexibility index (Phi) is 4.83. The first-order valence-electron chi connectivity index (χ1n) is 7.23. The fraction of sp³-hybridized carbons (Fsp3) is 0.250. The van der Waals surface area contributed by atoms with Crippen LogP contribution in [-0.2, 0) is 17.9 Å². The molecule has 0 aliphatic carbocycles. The molecule has 0 unspecified atom stereocenters. The number of ether oxygens (including phenoxy) is 1. The van der Waals surface area contributed by atoms with Gasteiger partial charge in [0, 0.05) is 34.5 Å². The molecule has 2 N–H and O–H groups in total. The van der Waals surface area contributed by atoms with E-state index < -0.39 is 0 Å². The lowest BCUT2D eigenvalue weighted by molar-refractivity contribution is -0.120. The summed E-state index contributed by atoms with van der Waals surface area (Å²) >= 11 is 7.81. The Labute approximate surface area is 142 Å². The molecule has 3 aromatic rings. The van der Waals surface area contributed by atoms with E-state index in [-0.39, 0.29) is 5.91 Å². The van der Waals surface area contributed by atoms with Gasteiger partial charge < -0.3 is 15.0 Å². The minimum absolute atomic E-state index is 0.0222. The molecule has 0 saturated carbocycles. The summed E-state index contributed by atoms with van der Waals surface area (Å²) in [7, 11) is 0. The zero-order chi connectivity index (χ0) is 16.2. The van der Waals surface area contributed by atoms with E-state index in [9.17, 15) is 4.79 Å².